The lowest BCUT2D eigenvalue weighted by Gasteiger charge is -2.21. The molecule has 0 atom stereocenters. The molecule has 0 spiro atoms. The Bertz CT molecular complexity index is 554. The van der Waals surface area contributed by atoms with E-state index in [2.05, 4.69) is 5.32 Å². The molecule has 6 heteroatoms. The molecular weight excluding hydrogens is 296 g/mol. The number of carbonyl (C=O) groups is 2. The van der Waals surface area contributed by atoms with Crippen molar-refractivity contribution in [3.63, 3.8) is 0 Å². The molecule has 1 heterocycles. The summed E-state index contributed by atoms with van der Waals surface area (Å²) in [7, 11) is 0. The molecule has 0 unspecified atom stereocenters. The molecule has 126 valence electrons. The Labute approximate surface area is 136 Å². The monoisotopic (exact) mass is 320 g/mol. The number of ether oxygens (including phenoxy) is 2. The van der Waals surface area contributed by atoms with Crippen LogP contribution in [0.3, 0.4) is 0 Å². The molecule has 1 aliphatic heterocycles. The van der Waals surface area contributed by atoms with Gasteiger partial charge in [-0.15, -0.1) is 0 Å². The van der Waals surface area contributed by atoms with Gasteiger partial charge in [0, 0.05) is 24.8 Å². The van der Waals surface area contributed by atoms with Gasteiger partial charge in [-0.05, 0) is 25.0 Å². The number of hydrogen-bond acceptors (Lipinski definition) is 4. The van der Waals surface area contributed by atoms with Crippen molar-refractivity contribution in [3.8, 4) is 11.5 Å². The van der Waals surface area contributed by atoms with Gasteiger partial charge in [0.1, 0.15) is 19.6 Å². The third kappa shape index (κ3) is 4.87. The fourth-order valence-electron chi connectivity index (χ4n) is 2.48. The number of carbonyl (C=O) groups excluding carboxylic acids is 2. The van der Waals surface area contributed by atoms with Crippen molar-refractivity contribution in [1.82, 2.24) is 4.90 Å². The minimum absolute atomic E-state index is 0.135. The maximum absolute atomic E-state index is 12.2. The third-order valence-corrected chi connectivity index (χ3v) is 3.48. The van der Waals surface area contributed by atoms with Crippen LogP contribution in [0, 0.1) is 0 Å². The standard InChI is InChI=1S/C17H24N2O4/c1-3-7-19(8-4-2)17(21)12-16(20)18-13-5-6-14-15(11-13)23-10-9-22-14/h5-6,11H,3-4,7-10,12H2,1-2H3,(H,18,20). The second-order valence-electron chi connectivity index (χ2n) is 5.46. The van der Waals surface area contributed by atoms with Gasteiger partial charge in [0.25, 0.3) is 0 Å². The van der Waals surface area contributed by atoms with E-state index in [4.69, 9.17) is 9.47 Å². The highest BCUT2D eigenvalue weighted by Gasteiger charge is 2.17. The highest BCUT2D eigenvalue weighted by molar-refractivity contribution is 6.03. The number of nitrogens with one attached hydrogen (secondary N) is 1. The van der Waals surface area contributed by atoms with Crippen LogP contribution in [0.2, 0.25) is 0 Å². The summed E-state index contributed by atoms with van der Waals surface area (Å²) in [6, 6.07) is 5.21. The fourth-order valence-corrected chi connectivity index (χ4v) is 2.48. The van der Waals surface area contributed by atoms with Gasteiger partial charge >= 0.3 is 0 Å². The maximum Gasteiger partial charge on any atom is 0.233 e. The van der Waals surface area contributed by atoms with Crippen molar-refractivity contribution in [2.45, 2.75) is 33.1 Å². The molecule has 0 aromatic heterocycles. The number of amides is 2. The van der Waals surface area contributed by atoms with E-state index >= 15 is 0 Å². The Balaban J connectivity index is 1.92. The average molecular weight is 320 g/mol. The van der Waals surface area contributed by atoms with E-state index in [1.807, 2.05) is 13.8 Å². The first-order valence-electron chi connectivity index (χ1n) is 8.11. The van der Waals surface area contributed by atoms with Crippen molar-refractivity contribution >= 4 is 17.5 Å². The van der Waals surface area contributed by atoms with Crippen LogP contribution in [-0.2, 0) is 9.59 Å². The average Bonchev–Trinajstić information content (AvgIpc) is 2.54. The number of nitrogens with zero attached hydrogens (tertiary/aromatic N) is 1. The Morgan fingerprint density at radius 2 is 1.74 bits per heavy atom. The highest BCUT2D eigenvalue weighted by atomic mass is 16.6. The van der Waals surface area contributed by atoms with E-state index in [0.717, 1.165) is 12.8 Å². The van der Waals surface area contributed by atoms with Crippen LogP contribution in [0.1, 0.15) is 33.1 Å². The summed E-state index contributed by atoms with van der Waals surface area (Å²) in [5.74, 6) is 0.828. The van der Waals surface area contributed by atoms with Crippen molar-refractivity contribution in [3.05, 3.63) is 18.2 Å². The molecule has 0 bridgehead atoms. The topological polar surface area (TPSA) is 67.9 Å². The molecule has 2 amide bonds. The summed E-state index contributed by atoms with van der Waals surface area (Å²) in [5.41, 5.74) is 0.601. The van der Waals surface area contributed by atoms with E-state index in [1.54, 1.807) is 23.1 Å². The van der Waals surface area contributed by atoms with Crippen LogP contribution in [0.4, 0.5) is 5.69 Å². The second-order valence-corrected chi connectivity index (χ2v) is 5.46. The predicted molar refractivity (Wildman–Crippen MR) is 87.8 cm³/mol. The molecule has 1 aromatic rings. The lowest BCUT2D eigenvalue weighted by Crippen LogP contribution is -2.35. The summed E-state index contributed by atoms with van der Waals surface area (Å²) in [4.78, 5) is 26.0. The predicted octanol–water partition coefficient (Wildman–Crippen LogP) is 2.44. The molecule has 0 aliphatic carbocycles. The largest absolute Gasteiger partial charge is 0.486 e. The van der Waals surface area contributed by atoms with Gasteiger partial charge in [0.05, 0.1) is 0 Å². The summed E-state index contributed by atoms with van der Waals surface area (Å²) >= 11 is 0. The van der Waals surface area contributed by atoms with Gasteiger partial charge < -0.3 is 19.7 Å². The van der Waals surface area contributed by atoms with Gasteiger partial charge in [0.15, 0.2) is 11.5 Å². The molecule has 0 fully saturated rings. The highest BCUT2D eigenvalue weighted by Crippen LogP contribution is 2.32. The van der Waals surface area contributed by atoms with Crippen molar-refractivity contribution in [1.29, 1.82) is 0 Å². The second kappa shape index (κ2) is 8.41. The Hall–Kier alpha value is -2.24. The van der Waals surface area contributed by atoms with Crippen molar-refractivity contribution in [2.24, 2.45) is 0 Å². The van der Waals surface area contributed by atoms with E-state index in [9.17, 15) is 9.59 Å². The smallest absolute Gasteiger partial charge is 0.233 e. The summed E-state index contributed by atoms with van der Waals surface area (Å²) < 4.78 is 10.9. The van der Waals surface area contributed by atoms with E-state index in [1.165, 1.54) is 0 Å². The van der Waals surface area contributed by atoms with Crippen molar-refractivity contribution < 1.29 is 19.1 Å². The first kappa shape index (κ1) is 17.1. The third-order valence-electron chi connectivity index (χ3n) is 3.48. The molecule has 2 rings (SSSR count). The Morgan fingerprint density at radius 3 is 2.39 bits per heavy atom. The lowest BCUT2D eigenvalue weighted by atomic mass is 10.2. The zero-order valence-corrected chi connectivity index (χ0v) is 13.8. The number of hydrogen-bond donors (Lipinski definition) is 1. The Kier molecular flexibility index (Phi) is 6.26. The molecule has 1 aromatic carbocycles. The SMILES string of the molecule is CCCN(CCC)C(=O)CC(=O)Nc1ccc2c(c1)OCCO2. The number of anilines is 1. The minimum Gasteiger partial charge on any atom is -0.486 e. The lowest BCUT2D eigenvalue weighted by molar-refractivity contribution is -0.134. The first-order chi connectivity index (χ1) is 11.1. The normalized spacial score (nSPS) is 12.6. The first-order valence-corrected chi connectivity index (χ1v) is 8.11. The number of rotatable bonds is 7. The zero-order valence-electron chi connectivity index (χ0n) is 13.8. The van der Waals surface area contributed by atoms with Crippen LogP contribution in [0.25, 0.3) is 0 Å². The molecule has 1 N–H and O–H groups in total. The number of benzene rings is 1. The minimum atomic E-state index is -0.316. The van der Waals surface area contributed by atoms with Crippen molar-refractivity contribution in [2.75, 3.05) is 31.6 Å². The van der Waals surface area contributed by atoms with Gasteiger partial charge in [-0.25, -0.2) is 0 Å². The van der Waals surface area contributed by atoms with Gasteiger partial charge in [-0.2, -0.15) is 0 Å². The fraction of sp³-hybridized carbons (Fsp3) is 0.529. The molecule has 23 heavy (non-hydrogen) atoms. The van der Waals surface area contributed by atoms with E-state index in [0.29, 0.717) is 43.5 Å². The maximum atomic E-state index is 12.2. The summed E-state index contributed by atoms with van der Waals surface area (Å²) in [5, 5.41) is 2.74. The summed E-state index contributed by atoms with van der Waals surface area (Å²) in [6.45, 7) is 6.42. The van der Waals surface area contributed by atoms with Crippen LogP contribution in [0.5, 0.6) is 11.5 Å². The van der Waals surface area contributed by atoms with Crippen LogP contribution >= 0.6 is 0 Å². The molecule has 6 nitrogen and oxygen atoms in total. The van der Waals surface area contributed by atoms with Crippen LogP contribution < -0.4 is 14.8 Å². The quantitative estimate of drug-likeness (QED) is 0.784. The Morgan fingerprint density at radius 1 is 1.09 bits per heavy atom. The van der Waals surface area contributed by atoms with E-state index < -0.39 is 0 Å². The molecule has 0 radical (unpaired) electrons. The molecule has 0 saturated heterocycles. The van der Waals surface area contributed by atoms with Gasteiger partial charge in [0.2, 0.25) is 11.8 Å². The van der Waals surface area contributed by atoms with Gasteiger partial charge in [-0.1, -0.05) is 13.8 Å². The zero-order chi connectivity index (χ0) is 16.7. The van der Waals surface area contributed by atoms with Gasteiger partial charge in [-0.3, -0.25) is 9.59 Å². The number of fused-ring (bicyclic) bond motifs is 1. The summed E-state index contributed by atoms with van der Waals surface area (Å²) in [6.07, 6.45) is 1.62. The van der Waals surface area contributed by atoms with Crippen LogP contribution in [-0.4, -0.2) is 43.0 Å². The van der Waals surface area contributed by atoms with Crippen LogP contribution in [0.15, 0.2) is 18.2 Å². The molecular formula is C17H24N2O4. The molecule has 0 saturated carbocycles. The van der Waals surface area contributed by atoms with E-state index in [-0.39, 0.29) is 18.2 Å². The molecule has 1 aliphatic rings.